The van der Waals surface area contributed by atoms with Crippen LogP contribution < -0.4 is 5.56 Å². The second-order valence-corrected chi connectivity index (χ2v) is 3.20. The average molecular weight is 230 g/mol. The Morgan fingerprint density at radius 2 is 2.33 bits per heavy atom. The third-order valence-corrected chi connectivity index (χ3v) is 2.09. The lowest BCUT2D eigenvalue weighted by Gasteiger charge is -1.96. The van der Waals surface area contributed by atoms with Gasteiger partial charge in [0, 0.05) is 18.2 Å². The Morgan fingerprint density at radius 3 is 2.83 bits per heavy atom. The predicted molar refractivity (Wildman–Crippen MR) is 49.4 cm³/mol. The van der Waals surface area contributed by atoms with Crippen molar-refractivity contribution in [3.63, 3.8) is 0 Å². The fraction of sp³-hybridized carbons (Fsp3) is 0.250. The number of halogens is 1. The van der Waals surface area contributed by atoms with Crippen molar-refractivity contribution in [2.24, 2.45) is 0 Å². The van der Waals surface area contributed by atoms with Crippen LogP contribution >= 0.6 is 15.9 Å². The summed E-state index contributed by atoms with van der Waals surface area (Å²) in [5.74, 6) is 0.0203. The fourth-order valence-corrected chi connectivity index (χ4v) is 1.18. The Bertz CT molecular complexity index is 356. The van der Waals surface area contributed by atoms with Crippen LogP contribution in [0.25, 0.3) is 0 Å². The molecule has 1 aromatic heterocycles. The molecular formula is C8H8BrNO2. The van der Waals surface area contributed by atoms with Crippen LogP contribution in [0.1, 0.15) is 23.7 Å². The topological polar surface area (TPSA) is 49.9 Å². The van der Waals surface area contributed by atoms with Crippen molar-refractivity contribution in [3.8, 4) is 0 Å². The van der Waals surface area contributed by atoms with Gasteiger partial charge in [-0.1, -0.05) is 6.92 Å². The molecule has 1 N–H and O–H groups in total. The lowest BCUT2D eigenvalue weighted by Crippen LogP contribution is -2.08. The Labute approximate surface area is 77.9 Å². The molecule has 0 fully saturated rings. The van der Waals surface area contributed by atoms with Gasteiger partial charge in [-0.15, -0.1) is 0 Å². The van der Waals surface area contributed by atoms with Crippen molar-refractivity contribution in [1.29, 1.82) is 0 Å². The van der Waals surface area contributed by atoms with Gasteiger partial charge in [0.2, 0.25) is 0 Å². The van der Waals surface area contributed by atoms with Crippen LogP contribution in [0.2, 0.25) is 0 Å². The van der Waals surface area contributed by atoms with Crippen LogP contribution in [-0.2, 0) is 0 Å². The zero-order chi connectivity index (χ0) is 9.14. The van der Waals surface area contributed by atoms with E-state index < -0.39 is 0 Å². The number of aromatic amines is 1. The Morgan fingerprint density at radius 1 is 1.67 bits per heavy atom. The lowest BCUT2D eigenvalue weighted by atomic mass is 10.1. The first-order valence-corrected chi connectivity index (χ1v) is 4.36. The summed E-state index contributed by atoms with van der Waals surface area (Å²) in [5, 5.41) is 0. The maximum Gasteiger partial charge on any atom is 0.262 e. The first-order valence-electron chi connectivity index (χ1n) is 3.56. The SMILES string of the molecule is CCC(=O)c1c[nH]c(=O)c(Br)c1. The van der Waals surface area contributed by atoms with Gasteiger partial charge in [0.15, 0.2) is 5.78 Å². The molecule has 0 unspecified atom stereocenters. The molecule has 0 aromatic carbocycles. The Kier molecular flexibility index (Phi) is 2.81. The van der Waals surface area contributed by atoms with Crippen LogP contribution in [0, 0.1) is 0 Å². The molecular weight excluding hydrogens is 222 g/mol. The molecule has 4 heteroatoms. The standard InChI is InChI=1S/C8H8BrNO2/c1-2-7(11)5-3-6(9)8(12)10-4-5/h3-4H,2H2,1H3,(H,10,12). The normalized spacial score (nSPS) is 9.83. The zero-order valence-electron chi connectivity index (χ0n) is 6.56. The maximum absolute atomic E-state index is 11.1. The molecule has 0 atom stereocenters. The molecule has 0 saturated carbocycles. The summed E-state index contributed by atoms with van der Waals surface area (Å²) in [6, 6.07) is 1.53. The number of nitrogens with one attached hydrogen (secondary N) is 1. The number of carbonyl (C=O) groups is 1. The second-order valence-electron chi connectivity index (χ2n) is 2.34. The number of Topliss-reactive ketones (excluding diaryl/α,β-unsaturated/α-hetero) is 1. The summed E-state index contributed by atoms with van der Waals surface area (Å²) in [7, 11) is 0. The zero-order valence-corrected chi connectivity index (χ0v) is 8.14. The summed E-state index contributed by atoms with van der Waals surface area (Å²) in [6.45, 7) is 1.78. The molecule has 1 heterocycles. The van der Waals surface area contributed by atoms with Gasteiger partial charge < -0.3 is 4.98 Å². The monoisotopic (exact) mass is 229 g/mol. The fourth-order valence-electron chi connectivity index (χ4n) is 0.821. The highest BCUT2D eigenvalue weighted by molar-refractivity contribution is 9.10. The third kappa shape index (κ3) is 1.82. The molecule has 0 spiro atoms. The minimum Gasteiger partial charge on any atom is -0.327 e. The van der Waals surface area contributed by atoms with Gasteiger partial charge in [-0.05, 0) is 22.0 Å². The second kappa shape index (κ2) is 3.67. The smallest absolute Gasteiger partial charge is 0.262 e. The Hall–Kier alpha value is -0.900. The van der Waals surface area contributed by atoms with E-state index in [1.165, 1.54) is 12.3 Å². The summed E-state index contributed by atoms with van der Waals surface area (Å²) in [6.07, 6.45) is 1.87. The Balaban J connectivity index is 3.13. The lowest BCUT2D eigenvalue weighted by molar-refractivity contribution is 0.0987. The molecule has 0 aliphatic heterocycles. The highest BCUT2D eigenvalue weighted by Crippen LogP contribution is 2.06. The van der Waals surface area contributed by atoms with Crippen LogP contribution in [-0.4, -0.2) is 10.8 Å². The molecule has 0 bridgehead atoms. The first-order chi connectivity index (χ1) is 5.65. The number of hydrogen-bond donors (Lipinski definition) is 1. The number of carbonyl (C=O) groups excluding carboxylic acids is 1. The summed E-state index contributed by atoms with van der Waals surface area (Å²) >= 11 is 3.05. The quantitative estimate of drug-likeness (QED) is 0.786. The van der Waals surface area contributed by atoms with Gasteiger partial charge in [-0.25, -0.2) is 0 Å². The number of rotatable bonds is 2. The number of hydrogen-bond acceptors (Lipinski definition) is 2. The number of pyridine rings is 1. The average Bonchev–Trinajstić information content (AvgIpc) is 2.08. The molecule has 1 rings (SSSR count). The molecule has 0 amide bonds. The summed E-state index contributed by atoms with van der Waals surface area (Å²) in [4.78, 5) is 24.5. The molecule has 1 aromatic rings. The van der Waals surface area contributed by atoms with Crippen molar-refractivity contribution >= 4 is 21.7 Å². The minimum atomic E-state index is -0.220. The highest BCUT2D eigenvalue weighted by atomic mass is 79.9. The van der Waals surface area contributed by atoms with Crippen LogP contribution in [0.4, 0.5) is 0 Å². The molecule has 3 nitrogen and oxygen atoms in total. The van der Waals surface area contributed by atoms with E-state index in [9.17, 15) is 9.59 Å². The van der Waals surface area contributed by atoms with E-state index in [4.69, 9.17) is 0 Å². The van der Waals surface area contributed by atoms with E-state index in [-0.39, 0.29) is 11.3 Å². The molecule has 0 aliphatic rings. The van der Waals surface area contributed by atoms with Gasteiger partial charge >= 0.3 is 0 Å². The minimum absolute atomic E-state index is 0.0203. The highest BCUT2D eigenvalue weighted by Gasteiger charge is 2.04. The molecule has 0 saturated heterocycles. The number of aromatic nitrogens is 1. The maximum atomic E-state index is 11.1. The number of H-pyrrole nitrogens is 1. The van der Waals surface area contributed by atoms with Crippen LogP contribution in [0.3, 0.4) is 0 Å². The molecule has 0 aliphatic carbocycles. The van der Waals surface area contributed by atoms with Crippen LogP contribution in [0.15, 0.2) is 21.5 Å². The van der Waals surface area contributed by atoms with E-state index in [1.807, 2.05) is 0 Å². The number of ketones is 1. The van der Waals surface area contributed by atoms with Gasteiger partial charge in [0.05, 0.1) is 4.47 Å². The largest absolute Gasteiger partial charge is 0.327 e. The van der Waals surface area contributed by atoms with Crippen molar-refractivity contribution in [2.75, 3.05) is 0 Å². The van der Waals surface area contributed by atoms with E-state index in [1.54, 1.807) is 6.92 Å². The molecule has 0 radical (unpaired) electrons. The van der Waals surface area contributed by atoms with E-state index in [2.05, 4.69) is 20.9 Å². The summed E-state index contributed by atoms with van der Waals surface area (Å²) in [5.41, 5.74) is 0.312. The van der Waals surface area contributed by atoms with Crippen LogP contribution in [0.5, 0.6) is 0 Å². The molecule has 64 valence electrons. The van der Waals surface area contributed by atoms with E-state index >= 15 is 0 Å². The summed E-state index contributed by atoms with van der Waals surface area (Å²) < 4.78 is 0.391. The van der Waals surface area contributed by atoms with Gasteiger partial charge in [-0.3, -0.25) is 9.59 Å². The van der Waals surface area contributed by atoms with Crippen molar-refractivity contribution < 1.29 is 4.79 Å². The van der Waals surface area contributed by atoms with Crippen molar-refractivity contribution in [3.05, 3.63) is 32.7 Å². The van der Waals surface area contributed by atoms with Gasteiger partial charge in [0.1, 0.15) is 0 Å². The van der Waals surface area contributed by atoms with E-state index in [0.29, 0.717) is 16.5 Å². The van der Waals surface area contributed by atoms with E-state index in [0.717, 1.165) is 0 Å². The van der Waals surface area contributed by atoms with Crippen molar-refractivity contribution in [1.82, 2.24) is 4.98 Å². The van der Waals surface area contributed by atoms with Gasteiger partial charge in [0.25, 0.3) is 5.56 Å². The first kappa shape index (κ1) is 9.19. The predicted octanol–water partition coefficient (Wildman–Crippen LogP) is 1.73. The third-order valence-electron chi connectivity index (χ3n) is 1.50. The van der Waals surface area contributed by atoms with Crippen molar-refractivity contribution in [2.45, 2.75) is 13.3 Å². The van der Waals surface area contributed by atoms with Gasteiger partial charge in [-0.2, -0.15) is 0 Å². The molecule has 12 heavy (non-hydrogen) atoms.